The third-order valence-corrected chi connectivity index (χ3v) is 4.62. The first-order valence-electron chi connectivity index (χ1n) is 5.70. The number of hydrogen-bond acceptors (Lipinski definition) is 3. The van der Waals surface area contributed by atoms with Gasteiger partial charge in [0.25, 0.3) is 0 Å². The second-order valence-corrected chi connectivity index (χ2v) is 6.01. The van der Waals surface area contributed by atoms with Crippen LogP contribution in [0.4, 0.5) is 0 Å². The molecule has 1 aromatic heterocycles. The van der Waals surface area contributed by atoms with Crippen molar-refractivity contribution in [1.29, 1.82) is 0 Å². The predicted octanol–water partition coefficient (Wildman–Crippen LogP) is 3.85. The van der Waals surface area contributed by atoms with E-state index in [1.54, 1.807) is 11.3 Å². The van der Waals surface area contributed by atoms with Crippen LogP contribution in [0.25, 0.3) is 0 Å². The van der Waals surface area contributed by atoms with Crippen LogP contribution < -0.4 is 5.73 Å². The van der Waals surface area contributed by atoms with Gasteiger partial charge in [0.15, 0.2) is 0 Å². The van der Waals surface area contributed by atoms with E-state index in [4.69, 9.17) is 28.9 Å². The lowest BCUT2D eigenvalue weighted by Crippen LogP contribution is -2.01. The number of hydrogen-bond donors (Lipinski definition) is 1. The highest BCUT2D eigenvalue weighted by molar-refractivity contribution is 7.11. The molecular weight excluding hydrogens is 287 g/mol. The maximum atomic E-state index is 6.16. The highest BCUT2D eigenvalue weighted by atomic mass is 35.5. The Morgan fingerprint density at radius 3 is 2.56 bits per heavy atom. The van der Waals surface area contributed by atoms with Crippen molar-refractivity contribution in [3.05, 3.63) is 49.4 Å². The first-order valence-corrected chi connectivity index (χ1v) is 7.27. The first kappa shape index (κ1) is 13.8. The maximum Gasteiger partial charge on any atom is 0.0975 e. The fourth-order valence-electron chi connectivity index (χ4n) is 1.78. The number of nitrogens with zero attached hydrogens (tertiary/aromatic N) is 1. The van der Waals surface area contributed by atoms with Crippen LogP contribution in [0.15, 0.2) is 18.2 Å². The molecule has 0 bridgehead atoms. The Hall–Kier alpha value is -0.610. The summed E-state index contributed by atoms with van der Waals surface area (Å²) in [5.41, 5.74) is 7.57. The Morgan fingerprint density at radius 2 is 1.94 bits per heavy atom. The highest BCUT2D eigenvalue weighted by Crippen LogP contribution is 2.29. The number of thiazole rings is 1. The molecule has 2 nitrogen and oxygen atoms in total. The molecule has 0 aliphatic carbocycles. The highest BCUT2D eigenvalue weighted by Gasteiger charge is 2.11. The van der Waals surface area contributed by atoms with Crippen LogP contribution in [0, 0.1) is 6.92 Å². The molecule has 0 aliphatic heterocycles. The standard InChI is InChI=1S/C13H14Cl2N2S/c1-8-12(5-6-16)18-13(17-8)7-9-10(14)3-2-4-11(9)15/h2-4H,5-7,16H2,1H3. The van der Waals surface area contributed by atoms with E-state index in [0.29, 0.717) is 23.0 Å². The normalized spacial score (nSPS) is 10.9. The van der Waals surface area contributed by atoms with Gasteiger partial charge in [-0.05, 0) is 37.6 Å². The fraction of sp³-hybridized carbons (Fsp3) is 0.308. The van der Waals surface area contributed by atoms with Crippen molar-refractivity contribution in [2.24, 2.45) is 5.73 Å². The van der Waals surface area contributed by atoms with E-state index >= 15 is 0 Å². The Bertz CT molecular complexity index is 532. The van der Waals surface area contributed by atoms with E-state index in [2.05, 4.69) is 4.98 Å². The molecule has 0 radical (unpaired) electrons. The molecule has 2 aromatic rings. The zero-order valence-electron chi connectivity index (χ0n) is 10.0. The lowest BCUT2D eigenvalue weighted by Gasteiger charge is -2.04. The SMILES string of the molecule is Cc1nc(Cc2c(Cl)cccc2Cl)sc1CCN. The summed E-state index contributed by atoms with van der Waals surface area (Å²) in [7, 11) is 0. The van der Waals surface area contributed by atoms with Gasteiger partial charge in [0, 0.05) is 21.3 Å². The van der Waals surface area contributed by atoms with Crippen LogP contribution in [0.2, 0.25) is 10.0 Å². The molecule has 0 unspecified atom stereocenters. The van der Waals surface area contributed by atoms with Crippen molar-refractivity contribution in [3.63, 3.8) is 0 Å². The molecular formula is C13H14Cl2N2S. The number of aryl methyl sites for hydroxylation is 1. The molecule has 0 aliphatic rings. The van der Waals surface area contributed by atoms with Crippen molar-refractivity contribution in [2.75, 3.05) is 6.54 Å². The van der Waals surface area contributed by atoms with Crippen molar-refractivity contribution < 1.29 is 0 Å². The van der Waals surface area contributed by atoms with Crippen LogP contribution in [0.5, 0.6) is 0 Å². The monoisotopic (exact) mass is 300 g/mol. The smallest absolute Gasteiger partial charge is 0.0975 e. The molecule has 0 amide bonds. The summed E-state index contributed by atoms with van der Waals surface area (Å²) in [4.78, 5) is 5.80. The molecule has 5 heteroatoms. The van der Waals surface area contributed by atoms with Crippen LogP contribution >= 0.6 is 34.5 Å². The number of halogens is 2. The van der Waals surface area contributed by atoms with Gasteiger partial charge < -0.3 is 5.73 Å². The lowest BCUT2D eigenvalue weighted by molar-refractivity contribution is 0.967. The van der Waals surface area contributed by atoms with E-state index < -0.39 is 0 Å². The fourth-order valence-corrected chi connectivity index (χ4v) is 3.41. The minimum atomic E-state index is 0.648. The number of nitrogens with two attached hydrogens (primary N) is 1. The molecule has 0 atom stereocenters. The third kappa shape index (κ3) is 3.04. The van der Waals surface area contributed by atoms with Gasteiger partial charge in [0.2, 0.25) is 0 Å². The van der Waals surface area contributed by atoms with Crippen LogP contribution in [-0.2, 0) is 12.8 Å². The van der Waals surface area contributed by atoms with Gasteiger partial charge in [-0.1, -0.05) is 29.3 Å². The topological polar surface area (TPSA) is 38.9 Å². The molecule has 0 saturated carbocycles. The minimum Gasteiger partial charge on any atom is -0.330 e. The zero-order valence-corrected chi connectivity index (χ0v) is 12.4. The van der Waals surface area contributed by atoms with E-state index in [1.807, 2.05) is 25.1 Å². The molecule has 1 aromatic carbocycles. The van der Waals surface area contributed by atoms with Gasteiger partial charge in [0.1, 0.15) is 0 Å². The largest absolute Gasteiger partial charge is 0.330 e. The van der Waals surface area contributed by atoms with E-state index in [1.165, 1.54) is 4.88 Å². The number of benzene rings is 1. The molecule has 18 heavy (non-hydrogen) atoms. The van der Waals surface area contributed by atoms with E-state index in [-0.39, 0.29) is 0 Å². The van der Waals surface area contributed by atoms with Crippen molar-refractivity contribution in [2.45, 2.75) is 19.8 Å². The summed E-state index contributed by atoms with van der Waals surface area (Å²) in [6, 6.07) is 5.55. The maximum absolute atomic E-state index is 6.16. The van der Waals surface area contributed by atoms with Gasteiger partial charge in [-0.3, -0.25) is 0 Å². The summed E-state index contributed by atoms with van der Waals surface area (Å²) in [5, 5.41) is 2.41. The predicted molar refractivity (Wildman–Crippen MR) is 78.9 cm³/mol. The Morgan fingerprint density at radius 1 is 1.28 bits per heavy atom. The number of aromatic nitrogens is 1. The van der Waals surface area contributed by atoms with Gasteiger partial charge in [-0.15, -0.1) is 11.3 Å². The molecule has 0 saturated heterocycles. The van der Waals surface area contributed by atoms with E-state index in [9.17, 15) is 0 Å². The van der Waals surface area contributed by atoms with Gasteiger partial charge in [0.05, 0.1) is 10.7 Å². The summed E-state index contributed by atoms with van der Waals surface area (Å²) in [5.74, 6) is 0. The Balaban J connectivity index is 2.26. The minimum absolute atomic E-state index is 0.648. The number of rotatable bonds is 4. The lowest BCUT2D eigenvalue weighted by atomic mass is 10.1. The second kappa shape index (κ2) is 6.02. The quantitative estimate of drug-likeness (QED) is 0.931. The third-order valence-electron chi connectivity index (χ3n) is 2.70. The molecule has 0 spiro atoms. The van der Waals surface area contributed by atoms with Crippen molar-refractivity contribution in [3.8, 4) is 0 Å². The first-order chi connectivity index (χ1) is 8.61. The summed E-state index contributed by atoms with van der Waals surface area (Å²) < 4.78 is 0. The Labute approximate surface area is 121 Å². The molecule has 0 fully saturated rings. The molecule has 96 valence electrons. The summed E-state index contributed by atoms with van der Waals surface area (Å²) >= 11 is 14.0. The summed E-state index contributed by atoms with van der Waals surface area (Å²) in [6.07, 6.45) is 1.55. The second-order valence-electron chi connectivity index (χ2n) is 4.03. The van der Waals surface area contributed by atoms with Crippen LogP contribution in [0.3, 0.4) is 0 Å². The molecule has 2 N–H and O–H groups in total. The molecule has 1 heterocycles. The zero-order chi connectivity index (χ0) is 13.1. The van der Waals surface area contributed by atoms with Crippen LogP contribution in [0.1, 0.15) is 21.1 Å². The van der Waals surface area contributed by atoms with Gasteiger partial charge in [-0.25, -0.2) is 4.98 Å². The molecule has 2 rings (SSSR count). The van der Waals surface area contributed by atoms with Gasteiger partial charge in [-0.2, -0.15) is 0 Å². The van der Waals surface area contributed by atoms with E-state index in [0.717, 1.165) is 22.7 Å². The van der Waals surface area contributed by atoms with Crippen molar-refractivity contribution in [1.82, 2.24) is 4.98 Å². The Kier molecular flexibility index (Phi) is 4.62. The van der Waals surface area contributed by atoms with Crippen molar-refractivity contribution >= 4 is 34.5 Å². The summed E-state index contributed by atoms with van der Waals surface area (Å²) in [6.45, 7) is 2.66. The van der Waals surface area contributed by atoms with Crippen LogP contribution in [-0.4, -0.2) is 11.5 Å². The average Bonchev–Trinajstić information content (AvgIpc) is 2.66. The van der Waals surface area contributed by atoms with Gasteiger partial charge >= 0.3 is 0 Å². The average molecular weight is 301 g/mol.